The van der Waals surface area contributed by atoms with E-state index in [2.05, 4.69) is 10.6 Å². The van der Waals surface area contributed by atoms with Crippen LogP contribution in [0.25, 0.3) is 0 Å². The van der Waals surface area contributed by atoms with Gasteiger partial charge in [-0.1, -0.05) is 18.2 Å². The number of urea groups is 1. The smallest absolute Gasteiger partial charge is 0.340 e. The molecule has 0 bridgehead atoms. The Morgan fingerprint density at radius 3 is 2.08 bits per heavy atom. The van der Waals surface area contributed by atoms with E-state index in [9.17, 15) is 9.59 Å². The first-order valence-electron chi connectivity index (χ1n) is 7.06. The lowest BCUT2D eigenvalue weighted by Gasteiger charge is -2.15. The Kier molecular flexibility index (Phi) is 5.62. The van der Waals surface area contributed by atoms with Crippen molar-refractivity contribution in [2.45, 2.75) is 0 Å². The van der Waals surface area contributed by atoms with E-state index in [-0.39, 0.29) is 11.3 Å². The Morgan fingerprint density at radius 2 is 1.50 bits per heavy atom. The molecule has 0 radical (unpaired) electrons. The van der Waals surface area contributed by atoms with E-state index in [1.54, 1.807) is 24.3 Å². The Labute approximate surface area is 139 Å². The van der Waals surface area contributed by atoms with E-state index >= 15 is 0 Å². The summed E-state index contributed by atoms with van der Waals surface area (Å²) in [4.78, 5) is 24.1. The van der Waals surface area contributed by atoms with Crippen LogP contribution < -0.4 is 20.1 Å². The quantitative estimate of drug-likeness (QED) is 0.823. The first-order chi connectivity index (χ1) is 11.6. The van der Waals surface area contributed by atoms with Gasteiger partial charge < -0.3 is 24.8 Å². The zero-order chi connectivity index (χ0) is 17.5. The highest BCUT2D eigenvalue weighted by Crippen LogP contribution is 2.33. The molecule has 0 saturated heterocycles. The van der Waals surface area contributed by atoms with Crippen molar-refractivity contribution in [3.05, 3.63) is 48.0 Å². The molecule has 0 aromatic heterocycles. The third-order valence-corrected chi connectivity index (χ3v) is 3.21. The largest absolute Gasteiger partial charge is 0.493 e. The maximum Gasteiger partial charge on any atom is 0.340 e. The number of ether oxygens (including phenoxy) is 3. The second-order valence-electron chi connectivity index (χ2n) is 4.69. The zero-order valence-corrected chi connectivity index (χ0v) is 13.6. The molecule has 0 fully saturated rings. The molecule has 2 aromatic rings. The summed E-state index contributed by atoms with van der Waals surface area (Å²) in [6, 6.07) is 11.4. The number of hydrogen-bond donors (Lipinski definition) is 2. The van der Waals surface area contributed by atoms with Crippen LogP contribution in [0.1, 0.15) is 10.4 Å². The van der Waals surface area contributed by atoms with Gasteiger partial charge in [0, 0.05) is 17.8 Å². The molecule has 7 nitrogen and oxygen atoms in total. The van der Waals surface area contributed by atoms with Crippen LogP contribution >= 0.6 is 0 Å². The third-order valence-electron chi connectivity index (χ3n) is 3.21. The van der Waals surface area contributed by atoms with Crippen molar-refractivity contribution >= 4 is 23.4 Å². The molecule has 0 saturated carbocycles. The van der Waals surface area contributed by atoms with E-state index < -0.39 is 12.0 Å². The molecule has 0 unspecified atom stereocenters. The Balaban J connectivity index is 2.30. The number of carbonyl (C=O) groups excluding carboxylic acids is 2. The lowest BCUT2D eigenvalue weighted by Crippen LogP contribution is -2.21. The fourth-order valence-electron chi connectivity index (χ4n) is 2.07. The first kappa shape index (κ1) is 17.1. The second kappa shape index (κ2) is 7.87. The highest BCUT2D eigenvalue weighted by Gasteiger charge is 2.19. The van der Waals surface area contributed by atoms with Crippen LogP contribution in [0.2, 0.25) is 0 Å². The summed E-state index contributed by atoms with van der Waals surface area (Å²) < 4.78 is 15.1. The number of methoxy groups -OCH3 is 3. The molecule has 0 spiro atoms. The summed E-state index contributed by atoms with van der Waals surface area (Å²) in [5, 5.41) is 5.28. The monoisotopic (exact) mass is 330 g/mol. The molecule has 0 aliphatic carbocycles. The lowest BCUT2D eigenvalue weighted by molar-refractivity contribution is 0.0601. The molecular formula is C17H18N2O5. The molecule has 2 amide bonds. The fraction of sp³-hybridized carbons (Fsp3) is 0.176. The molecule has 7 heteroatoms. The summed E-state index contributed by atoms with van der Waals surface area (Å²) >= 11 is 0. The van der Waals surface area contributed by atoms with Gasteiger partial charge in [-0.2, -0.15) is 0 Å². The van der Waals surface area contributed by atoms with Crippen LogP contribution in [0.5, 0.6) is 11.5 Å². The number of para-hydroxylation sites is 1. The fourth-order valence-corrected chi connectivity index (χ4v) is 2.07. The predicted octanol–water partition coefficient (Wildman–Crippen LogP) is 3.13. The number of nitrogens with one attached hydrogen (secondary N) is 2. The second-order valence-corrected chi connectivity index (χ2v) is 4.69. The van der Waals surface area contributed by atoms with Crippen molar-refractivity contribution in [1.82, 2.24) is 0 Å². The van der Waals surface area contributed by atoms with Gasteiger partial charge in [-0.25, -0.2) is 9.59 Å². The van der Waals surface area contributed by atoms with Crippen LogP contribution in [0, 0.1) is 0 Å². The van der Waals surface area contributed by atoms with Gasteiger partial charge in [0.05, 0.1) is 32.6 Å². The standard InChI is InChI=1S/C17H18N2O5/c1-22-14-9-12(16(20)24-3)13(10-15(14)23-2)19-17(21)18-11-7-5-4-6-8-11/h4-10H,1-3H3,(H2,18,19,21). The van der Waals surface area contributed by atoms with Gasteiger partial charge in [0.15, 0.2) is 11.5 Å². The van der Waals surface area contributed by atoms with E-state index in [0.29, 0.717) is 17.2 Å². The average molecular weight is 330 g/mol. The van der Waals surface area contributed by atoms with Crippen LogP contribution in [-0.4, -0.2) is 33.3 Å². The molecule has 2 rings (SSSR count). The molecule has 0 atom stereocenters. The minimum absolute atomic E-state index is 0.151. The van der Waals surface area contributed by atoms with Crippen molar-refractivity contribution < 1.29 is 23.8 Å². The Bertz CT molecular complexity index is 731. The summed E-state index contributed by atoms with van der Waals surface area (Å²) in [6.07, 6.45) is 0. The molecule has 0 heterocycles. The van der Waals surface area contributed by atoms with Gasteiger partial charge in [0.1, 0.15) is 0 Å². The average Bonchev–Trinajstić information content (AvgIpc) is 2.61. The van der Waals surface area contributed by atoms with E-state index in [4.69, 9.17) is 14.2 Å². The minimum Gasteiger partial charge on any atom is -0.493 e. The molecule has 24 heavy (non-hydrogen) atoms. The van der Waals surface area contributed by atoms with Crippen LogP contribution in [0.4, 0.5) is 16.2 Å². The topological polar surface area (TPSA) is 85.9 Å². The molecule has 2 aromatic carbocycles. The Hall–Kier alpha value is -3.22. The predicted molar refractivity (Wildman–Crippen MR) is 90.0 cm³/mol. The summed E-state index contributed by atoms with van der Waals surface area (Å²) in [6.45, 7) is 0. The molecule has 0 aliphatic rings. The zero-order valence-electron chi connectivity index (χ0n) is 13.6. The number of anilines is 2. The van der Waals surface area contributed by atoms with Crippen molar-refractivity contribution in [2.24, 2.45) is 0 Å². The lowest BCUT2D eigenvalue weighted by atomic mass is 10.1. The SMILES string of the molecule is COC(=O)c1cc(OC)c(OC)cc1NC(=O)Nc1ccccc1. The molecule has 2 N–H and O–H groups in total. The number of amides is 2. The maximum atomic E-state index is 12.2. The van der Waals surface area contributed by atoms with Crippen molar-refractivity contribution in [2.75, 3.05) is 32.0 Å². The summed E-state index contributed by atoms with van der Waals surface area (Å²) in [7, 11) is 4.17. The molecular weight excluding hydrogens is 312 g/mol. The van der Waals surface area contributed by atoms with Gasteiger partial charge >= 0.3 is 12.0 Å². The van der Waals surface area contributed by atoms with E-state index in [0.717, 1.165) is 0 Å². The molecule has 126 valence electrons. The highest BCUT2D eigenvalue weighted by atomic mass is 16.5. The van der Waals surface area contributed by atoms with Crippen molar-refractivity contribution in [1.29, 1.82) is 0 Å². The van der Waals surface area contributed by atoms with Gasteiger partial charge in [-0.05, 0) is 12.1 Å². The first-order valence-corrected chi connectivity index (χ1v) is 7.06. The number of hydrogen-bond acceptors (Lipinski definition) is 5. The number of benzene rings is 2. The number of carbonyl (C=O) groups is 2. The van der Waals surface area contributed by atoms with Crippen LogP contribution in [0.15, 0.2) is 42.5 Å². The summed E-state index contributed by atoms with van der Waals surface area (Å²) in [5.74, 6) is 0.123. The highest BCUT2D eigenvalue weighted by molar-refractivity contribution is 6.05. The minimum atomic E-state index is -0.606. The van der Waals surface area contributed by atoms with Crippen molar-refractivity contribution in [3.63, 3.8) is 0 Å². The summed E-state index contributed by atoms with van der Waals surface area (Å²) in [5.41, 5.74) is 1.02. The molecule has 0 aliphatic heterocycles. The van der Waals surface area contributed by atoms with Gasteiger partial charge in [-0.3, -0.25) is 0 Å². The maximum absolute atomic E-state index is 12.2. The van der Waals surface area contributed by atoms with Crippen molar-refractivity contribution in [3.8, 4) is 11.5 Å². The van der Waals surface area contributed by atoms with E-state index in [1.807, 2.05) is 6.07 Å². The van der Waals surface area contributed by atoms with Crippen LogP contribution in [0.3, 0.4) is 0 Å². The van der Waals surface area contributed by atoms with E-state index in [1.165, 1.54) is 33.5 Å². The normalized spacial score (nSPS) is 9.79. The van der Waals surface area contributed by atoms with Gasteiger partial charge in [-0.15, -0.1) is 0 Å². The van der Waals surface area contributed by atoms with Gasteiger partial charge in [0.25, 0.3) is 0 Å². The van der Waals surface area contributed by atoms with Crippen LogP contribution in [-0.2, 0) is 4.74 Å². The Morgan fingerprint density at radius 1 is 0.875 bits per heavy atom. The number of esters is 1. The number of rotatable bonds is 5. The third kappa shape index (κ3) is 3.95. The van der Waals surface area contributed by atoms with Gasteiger partial charge in [0.2, 0.25) is 0 Å².